The van der Waals surface area contributed by atoms with E-state index in [-0.39, 0.29) is 18.2 Å². The average molecular weight is 319 g/mol. The molecular formula is C11H8F7NO2. The van der Waals surface area contributed by atoms with Gasteiger partial charge in [0.2, 0.25) is 0 Å². The van der Waals surface area contributed by atoms with E-state index in [9.17, 15) is 40.8 Å². The van der Waals surface area contributed by atoms with Crippen molar-refractivity contribution in [3.05, 3.63) is 58.8 Å². The van der Waals surface area contributed by atoms with Crippen LogP contribution in [0.1, 0.15) is 0 Å². The molecule has 0 aromatic heterocycles. The van der Waals surface area contributed by atoms with E-state index in [0.29, 0.717) is 6.08 Å². The maximum Gasteiger partial charge on any atom is 0.435 e. The van der Waals surface area contributed by atoms with E-state index >= 15 is 0 Å². The number of nitrogens with zero attached hydrogens (tertiary/aromatic N) is 1. The van der Waals surface area contributed by atoms with Crippen LogP contribution in [0.25, 0.3) is 0 Å². The molecule has 0 rings (SSSR count). The monoisotopic (exact) mass is 319 g/mol. The SMILES string of the molecule is C=C/C(=C\C=C(/C=C)C(F)(C(F)(F)F)C(F)(F)F)[N+](=O)[O-]. The van der Waals surface area contributed by atoms with Gasteiger partial charge in [0.25, 0.3) is 5.70 Å². The Morgan fingerprint density at radius 3 is 1.57 bits per heavy atom. The van der Waals surface area contributed by atoms with E-state index in [1.807, 2.05) is 0 Å². The van der Waals surface area contributed by atoms with Gasteiger partial charge in [0.05, 0.1) is 4.92 Å². The average Bonchev–Trinajstić information content (AvgIpc) is 2.30. The third-order valence-corrected chi connectivity index (χ3v) is 2.25. The Balaban J connectivity index is 6.18. The molecule has 0 aliphatic rings. The number of rotatable bonds is 5. The van der Waals surface area contributed by atoms with E-state index in [4.69, 9.17) is 0 Å². The summed E-state index contributed by atoms with van der Waals surface area (Å²) < 4.78 is 88.3. The molecule has 21 heavy (non-hydrogen) atoms. The molecule has 0 amide bonds. The Kier molecular flexibility index (Phi) is 5.48. The van der Waals surface area contributed by atoms with Gasteiger partial charge >= 0.3 is 18.0 Å². The number of allylic oxidation sites excluding steroid dienone is 5. The third kappa shape index (κ3) is 3.70. The first kappa shape index (κ1) is 18.9. The normalized spacial score (nSPS) is 14.8. The predicted octanol–water partition coefficient (Wildman–Crippen LogP) is 4.28. The van der Waals surface area contributed by atoms with Crippen LogP contribution >= 0.6 is 0 Å². The fraction of sp³-hybridized carbons (Fsp3) is 0.273. The van der Waals surface area contributed by atoms with Crippen LogP contribution in [0.3, 0.4) is 0 Å². The number of nitro groups is 1. The zero-order valence-corrected chi connectivity index (χ0v) is 10.1. The molecule has 10 heteroatoms. The van der Waals surface area contributed by atoms with Crippen LogP contribution in [0.4, 0.5) is 30.7 Å². The molecule has 3 nitrogen and oxygen atoms in total. The molecule has 0 spiro atoms. The van der Waals surface area contributed by atoms with Gasteiger partial charge in [0.1, 0.15) is 0 Å². The van der Waals surface area contributed by atoms with Crippen LogP contribution in [0.15, 0.2) is 48.7 Å². The Bertz CT molecular complexity index is 486. The van der Waals surface area contributed by atoms with Crippen LogP contribution in [-0.2, 0) is 0 Å². The molecule has 0 saturated carbocycles. The second kappa shape index (κ2) is 6.10. The quantitative estimate of drug-likeness (QED) is 0.328. The molecule has 0 fully saturated rings. The summed E-state index contributed by atoms with van der Waals surface area (Å²) in [5, 5.41) is 10.3. The van der Waals surface area contributed by atoms with Crippen molar-refractivity contribution in [2.75, 3.05) is 0 Å². The standard InChI is InChI=1S/C11H8F7NO2/c1-3-7(5-6-8(4-2)19(20)21)9(12,10(13,14)15)11(16,17)18/h3-6H,1-2H2/b7-5+,8-6+. The predicted molar refractivity (Wildman–Crippen MR) is 59.5 cm³/mol. The van der Waals surface area contributed by atoms with Crippen molar-refractivity contribution < 1.29 is 35.7 Å². The summed E-state index contributed by atoms with van der Waals surface area (Å²) in [5.74, 6) is 0. The zero-order chi connectivity index (χ0) is 17.1. The van der Waals surface area contributed by atoms with Gasteiger partial charge in [-0.15, -0.1) is 0 Å². The fourth-order valence-electron chi connectivity index (χ4n) is 1.19. The van der Waals surface area contributed by atoms with Crippen molar-refractivity contribution in [3.8, 4) is 0 Å². The molecular weight excluding hydrogens is 311 g/mol. The smallest absolute Gasteiger partial charge is 0.258 e. The van der Waals surface area contributed by atoms with Crippen molar-refractivity contribution in [3.63, 3.8) is 0 Å². The summed E-state index contributed by atoms with van der Waals surface area (Å²) in [6.07, 6.45) is -11.8. The summed E-state index contributed by atoms with van der Waals surface area (Å²) in [6, 6.07) is 0. The topological polar surface area (TPSA) is 43.1 Å². The maximum absolute atomic E-state index is 13.6. The number of hydrogen-bond acceptors (Lipinski definition) is 2. The summed E-state index contributed by atoms with van der Waals surface area (Å²) in [7, 11) is 0. The molecule has 0 radical (unpaired) electrons. The molecule has 0 aliphatic heterocycles. The van der Waals surface area contributed by atoms with Crippen molar-refractivity contribution in [2.45, 2.75) is 18.0 Å². The first-order chi connectivity index (χ1) is 9.32. The van der Waals surface area contributed by atoms with Crippen LogP contribution in [-0.4, -0.2) is 22.9 Å². The maximum atomic E-state index is 13.6. The van der Waals surface area contributed by atoms with Crippen molar-refractivity contribution in [2.24, 2.45) is 0 Å². The van der Waals surface area contributed by atoms with E-state index in [1.54, 1.807) is 0 Å². The largest absolute Gasteiger partial charge is 0.435 e. The van der Waals surface area contributed by atoms with Gasteiger partial charge in [0.15, 0.2) is 0 Å². The van der Waals surface area contributed by atoms with Crippen molar-refractivity contribution >= 4 is 0 Å². The first-order valence-electron chi connectivity index (χ1n) is 4.97. The lowest BCUT2D eigenvalue weighted by Crippen LogP contribution is -2.54. The molecule has 0 N–H and O–H groups in total. The number of halogens is 7. The molecule has 0 aliphatic carbocycles. The number of alkyl halides is 7. The Morgan fingerprint density at radius 2 is 1.33 bits per heavy atom. The summed E-state index contributed by atoms with van der Waals surface area (Å²) in [4.78, 5) is 9.23. The molecule has 118 valence electrons. The highest BCUT2D eigenvalue weighted by atomic mass is 19.4. The van der Waals surface area contributed by atoms with E-state index in [2.05, 4.69) is 13.2 Å². The molecule has 0 aromatic carbocycles. The molecule has 0 atom stereocenters. The molecule has 0 saturated heterocycles. The Labute approximate surface area is 113 Å². The van der Waals surface area contributed by atoms with Gasteiger partial charge in [-0.25, -0.2) is 4.39 Å². The third-order valence-electron chi connectivity index (χ3n) is 2.25. The molecule has 0 bridgehead atoms. The lowest BCUT2D eigenvalue weighted by molar-refractivity contribution is -0.418. The van der Waals surface area contributed by atoms with E-state index in [0.717, 1.165) is 0 Å². The van der Waals surface area contributed by atoms with Gasteiger partial charge in [-0.2, -0.15) is 26.3 Å². The van der Waals surface area contributed by atoms with Crippen molar-refractivity contribution in [1.82, 2.24) is 0 Å². The number of hydrogen-bond donors (Lipinski definition) is 0. The van der Waals surface area contributed by atoms with E-state index in [1.165, 1.54) is 0 Å². The summed E-state index contributed by atoms with van der Waals surface area (Å²) in [6.45, 7) is 5.61. The van der Waals surface area contributed by atoms with E-state index < -0.39 is 34.2 Å². The summed E-state index contributed by atoms with van der Waals surface area (Å²) in [5.41, 5.74) is -8.54. The van der Waals surface area contributed by atoms with Crippen LogP contribution in [0.5, 0.6) is 0 Å². The minimum Gasteiger partial charge on any atom is -0.258 e. The van der Waals surface area contributed by atoms with Gasteiger partial charge < -0.3 is 0 Å². The molecule has 0 heterocycles. The Hall–Kier alpha value is -2.13. The highest BCUT2D eigenvalue weighted by molar-refractivity contribution is 5.36. The second-order valence-corrected chi connectivity index (χ2v) is 3.53. The lowest BCUT2D eigenvalue weighted by atomic mass is 9.93. The van der Waals surface area contributed by atoms with Crippen LogP contribution in [0, 0.1) is 10.1 Å². The summed E-state index contributed by atoms with van der Waals surface area (Å²) >= 11 is 0. The van der Waals surface area contributed by atoms with Gasteiger partial charge in [-0.1, -0.05) is 19.2 Å². The first-order valence-corrected chi connectivity index (χ1v) is 4.97. The molecule has 0 aromatic rings. The zero-order valence-electron chi connectivity index (χ0n) is 10.1. The highest BCUT2D eigenvalue weighted by Crippen LogP contribution is 2.50. The Morgan fingerprint density at radius 1 is 0.905 bits per heavy atom. The van der Waals surface area contributed by atoms with Gasteiger partial charge in [-0.05, 0) is 6.08 Å². The lowest BCUT2D eigenvalue weighted by Gasteiger charge is -2.30. The highest BCUT2D eigenvalue weighted by Gasteiger charge is 2.73. The second-order valence-electron chi connectivity index (χ2n) is 3.53. The van der Waals surface area contributed by atoms with Crippen LogP contribution in [0.2, 0.25) is 0 Å². The minimum absolute atomic E-state index is 0.0157. The van der Waals surface area contributed by atoms with Crippen molar-refractivity contribution in [1.29, 1.82) is 0 Å². The van der Waals surface area contributed by atoms with Crippen LogP contribution < -0.4 is 0 Å². The van der Waals surface area contributed by atoms with Gasteiger partial charge in [0, 0.05) is 17.7 Å². The minimum atomic E-state index is -6.32. The molecule has 0 unspecified atom stereocenters. The fourth-order valence-corrected chi connectivity index (χ4v) is 1.19. The van der Waals surface area contributed by atoms with Gasteiger partial charge in [-0.3, -0.25) is 10.1 Å².